The summed E-state index contributed by atoms with van der Waals surface area (Å²) < 4.78 is 0. The number of allylic oxidation sites excluding steroid dienone is 6. The summed E-state index contributed by atoms with van der Waals surface area (Å²) in [6.45, 7) is 8.09. The van der Waals surface area contributed by atoms with Gasteiger partial charge < -0.3 is 15.3 Å². The SMILES string of the molecule is CC(=O)/C=C(/C)[O-].CC(=O)/C=C(/C)[O-].CC(=O)/C=C(/C)[O-].[Nb+3]. The van der Waals surface area contributed by atoms with Gasteiger partial charge in [0.15, 0.2) is 17.3 Å². The molecule has 7 heteroatoms. The third-order valence-corrected chi connectivity index (χ3v) is 1.22. The van der Waals surface area contributed by atoms with E-state index >= 15 is 0 Å². The van der Waals surface area contributed by atoms with E-state index in [9.17, 15) is 29.7 Å². The van der Waals surface area contributed by atoms with Crippen LogP contribution in [0.25, 0.3) is 0 Å². The smallest absolute Gasteiger partial charge is 0.876 e. The quantitative estimate of drug-likeness (QED) is 0.365. The maximum atomic E-state index is 9.98. The topological polar surface area (TPSA) is 120 Å². The van der Waals surface area contributed by atoms with E-state index in [1.807, 2.05) is 0 Å². The molecule has 0 aromatic rings. The molecule has 0 aliphatic rings. The van der Waals surface area contributed by atoms with Crippen molar-refractivity contribution >= 4 is 17.3 Å². The summed E-state index contributed by atoms with van der Waals surface area (Å²) >= 11 is 0. The molecule has 0 saturated heterocycles. The zero-order chi connectivity index (χ0) is 17.6. The Kier molecular flexibility index (Phi) is 22.6. The second-order valence-electron chi connectivity index (χ2n) is 4.10. The van der Waals surface area contributed by atoms with Gasteiger partial charge in [-0.3, -0.25) is 14.4 Å². The largest absolute Gasteiger partial charge is 3.00 e. The number of rotatable bonds is 3. The fraction of sp³-hybridized carbons (Fsp3) is 0.400. The molecule has 0 rings (SSSR count). The fourth-order valence-electron chi connectivity index (χ4n) is 0.859. The van der Waals surface area contributed by atoms with Crippen molar-refractivity contribution in [3.63, 3.8) is 0 Å². The van der Waals surface area contributed by atoms with Crippen LogP contribution in [0, 0.1) is 0 Å². The summed E-state index contributed by atoms with van der Waals surface area (Å²) in [4.78, 5) is 29.9. The molecule has 0 aliphatic carbocycles. The summed E-state index contributed by atoms with van der Waals surface area (Å²) in [5, 5.41) is 29.9. The first kappa shape index (κ1) is 28.5. The molecule has 0 fully saturated rings. The Bertz CT molecular complexity index is 368. The molecular formula is C15H21NbO6. The fourth-order valence-corrected chi connectivity index (χ4v) is 0.859. The normalized spacial score (nSPS) is 10.9. The number of carbonyl (C=O) groups is 3. The molecule has 22 heavy (non-hydrogen) atoms. The molecule has 0 atom stereocenters. The summed E-state index contributed by atoms with van der Waals surface area (Å²) in [6.07, 6.45) is 3.17. The average molecular weight is 390 g/mol. The monoisotopic (exact) mass is 390 g/mol. The second-order valence-corrected chi connectivity index (χ2v) is 4.10. The molecule has 0 N–H and O–H groups in total. The molecule has 0 radical (unpaired) electrons. The minimum atomic E-state index is -0.187. The van der Waals surface area contributed by atoms with Crippen molar-refractivity contribution in [2.45, 2.75) is 41.5 Å². The van der Waals surface area contributed by atoms with E-state index in [-0.39, 0.29) is 57.0 Å². The predicted octanol–water partition coefficient (Wildman–Crippen LogP) is -0.484. The van der Waals surface area contributed by atoms with Gasteiger partial charge in [-0.25, -0.2) is 0 Å². The zero-order valence-corrected chi connectivity index (χ0v) is 15.8. The van der Waals surface area contributed by atoms with Crippen molar-refractivity contribution in [1.82, 2.24) is 0 Å². The van der Waals surface area contributed by atoms with Crippen molar-refractivity contribution in [2.75, 3.05) is 0 Å². The van der Waals surface area contributed by atoms with Gasteiger partial charge in [0, 0.05) is 0 Å². The third kappa shape index (κ3) is 51.5. The molecule has 0 heterocycles. The van der Waals surface area contributed by atoms with Crippen LogP contribution < -0.4 is 15.3 Å². The number of hydrogen-bond donors (Lipinski definition) is 0. The molecule has 0 spiro atoms. The molecule has 0 saturated carbocycles. The molecule has 6 nitrogen and oxygen atoms in total. The molecular weight excluding hydrogens is 369 g/mol. The predicted molar refractivity (Wildman–Crippen MR) is 73.3 cm³/mol. The second kappa shape index (κ2) is 17.4. The van der Waals surface area contributed by atoms with Crippen LogP contribution in [0.4, 0.5) is 0 Å². The van der Waals surface area contributed by atoms with Crippen molar-refractivity contribution in [3.05, 3.63) is 35.5 Å². The third-order valence-electron chi connectivity index (χ3n) is 1.22. The maximum absolute atomic E-state index is 9.98. The van der Waals surface area contributed by atoms with Crippen molar-refractivity contribution in [1.29, 1.82) is 0 Å². The van der Waals surface area contributed by atoms with Gasteiger partial charge in [0.2, 0.25) is 0 Å². The Morgan fingerprint density at radius 1 is 0.545 bits per heavy atom. The molecule has 0 amide bonds. The number of carbonyl (C=O) groups excluding carboxylic acids is 3. The van der Waals surface area contributed by atoms with Crippen LogP contribution in [-0.2, 0) is 36.8 Å². The maximum Gasteiger partial charge on any atom is 3.00 e. The van der Waals surface area contributed by atoms with Gasteiger partial charge in [-0.15, -0.1) is 17.3 Å². The van der Waals surface area contributed by atoms with E-state index in [0.717, 1.165) is 18.2 Å². The zero-order valence-electron chi connectivity index (χ0n) is 13.6. The van der Waals surface area contributed by atoms with Crippen LogP contribution >= 0.6 is 0 Å². The first-order chi connectivity index (χ1) is 9.38. The number of hydrogen-bond acceptors (Lipinski definition) is 6. The Morgan fingerprint density at radius 3 is 0.682 bits per heavy atom. The minimum absolute atomic E-state index is 0. The van der Waals surface area contributed by atoms with Crippen molar-refractivity contribution in [2.24, 2.45) is 0 Å². The summed E-state index contributed by atoms with van der Waals surface area (Å²) in [5.41, 5.74) is 0. The van der Waals surface area contributed by atoms with Crippen LogP contribution in [-0.4, -0.2) is 17.3 Å². The van der Waals surface area contributed by atoms with Crippen molar-refractivity contribution < 1.29 is 52.1 Å². The van der Waals surface area contributed by atoms with Gasteiger partial charge in [-0.05, 0) is 39.0 Å². The van der Waals surface area contributed by atoms with Crippen LogP contribution in [0.2, 0.25) is 0 Å². The van der Waals surface area contributed by atoms with Crippen LogP contribution in [0.15, 0.2) is 35.5 Å². The van der Waals surface area contributed by atoms with Gasteiger partial charge in [0.25, 0.3) is 0 Å². The van der Waals surface area contributed by atoms with Crippen LogP contribution in [0.3, 0.4) is 0 Å². The standard InChI is InChI=1S/3C5H8O2.Nb/c3*1-4(6)3-5(2)7;/h3*3,6H,1-2H3;/q;;;+3/p-3/b3*4-3-;. The summed E-state index contributed by atoms with van der Waals surface area (Å²) in [7, 11) is 0. The number of ketones is 3. The van der Waals surface area contributed by atoms with E-state index < -0.39 is 0 Å². The van der Waals surface area contributed by atoms with Gasteiger partial charge in [0.05, 0.1) is 0 Å². The van der Waals surface area contributed by atoms with Crippen LogP contribution in [0.1, 0.15) is 41.5 Å². The molecule has 0 aromatic heterocycles. The minimum Gasteiger partial charge on any atom is -0.876 e. The summed E-state index contributed by atoms with van der Waals surface area (Å²) in [6, 6.07) is 0. The first-order valence-electron chi connectivity index (χ1n) is 5.96. The molecule has 0 aliphatic heterocycles. The van der Waals surface area contributed by atoms with Gasteiger partial charge in [0.1, 0.15) is 0 Å². The Labute approximate surface area is 146 Å². The molecule has 122 valence electrons. The van der Waals surface area contributed by atoms with E-state index in [2.05, 4.69) is 0 Å². The van der Waals surface area contributed by atoms with E-state index in [1.54, 1.807) is 0 Å². The van der Waals surface area contributed by atoms with Gasteiger partial charge in [-0.1, -0.05) is 20.8 Å². The Hall–Kier alpha value is -1.63. The first-order valence-corrected chi connectivity index (χ1v) is 5.96. The molecule has 0 bridgehead atoms. The van der Waals surface area contributed by atoms with Crippen LogP contribution in [0.5, 0.6) is 0 Å². The van der Waals surface area contributed by atoms with Crippen molar-refractivity contribution in [3.8, 4) is 0 Å². The van der Waals surface area contributed by atoms with E-state index in [1.165, 1.54) is 41.5 Å². The summed E-state index contributed by atoms with van der Waals surface area (Å²) in [5.74, 6) is -1.12. The Morgan fingerprint density at radius 2 is 0.682 bits per heavy atom. The van der Waals surface area contributed by atoms with Gasteiger partial charge in [-0.2, -0.15) is 0 Å². The molecule has 0 aromatic carbocycles. The van der Waals surface area contributed by atoms with E-state index in [4.69, 9.17) is 0 Å². The van der Waals surface area contributed by atoms with Gasteiger partial charge >= 0.3 is 22.4 Å². The van der Waals surface area contributed by atoms with E-state index in [0.29, 0.717) is 0 Å². The average Bonchev–Trinajstić information content (AvgIpc) is 2.10. The Balaban J connectivity index is -0.000000108. The molecule has 0 unspecified atom stereocenters.